The quantitative estimate of drug-likeness (QED) is 0.688. The number of nitrogens with one attached hydrogen (secondary N) is 1. The van der Waals surface area contributed by atoms with E-state index >= 15 is 0 Å². The molecule has 0 radical (unpaired) electrons. The third-order valence-corrected chi connectivity index (χ3v) is 6.08. The number of carbonyl (C=O) groups is 2. The molecule has 8 nitrogen and oxygen atoms in total. The molecule has 156 valence electrons. The Bertz CT molecular complexity index is 836. The molecule has 0 aliphatic carbocycles. The molecular formula is C21H28N3O5+. The lowest BCUT2D eigenvalue weighted by Crippen LogP contribution is -2.82. The molecule has 2 N–H and O–H groups in total. The van der Waals surface area contributed by atoms with E-state index in [2.05, 4.69) is 23.7 Å². The van der Waals surface area contributed by atoms with Crippen molar-refractivity contribution >= 4 is 17.7 Å². The van der Waals surface area contributed by atoms with E-state index in [0.29, 0.717) is 31.7 Å². The highest BCUT2D eigenvalue weighted by Crippen LogP contribution is 2.30. The van der Waals surface area contributed by atoms with Gasteiger partial charge in [0, 0.05) is 12.1 Å². The standard InChI is InChI=1S/C21H27N3O5/c1-3-23(4-2)17-11-28-12-18(17)29-14-5-6-15-13(9-14)10-24(21(15)27)16-7-8-19(25)22-20(16)26/h5-6,9,16-18H,3-4,7-8,10-12H2,1-2H3,(H,22,25,26)/p+1/t16?,17-,18-/m1/s1. The molecular weight excluding hydrogens is 374 g/mol. The Balaban J connectivity index is 1.49. The molecule has 8 heteroatoms. The highest BCUT2D eigenvalue weighted by molar-refractivity contribution is 6.01. The van der Waals surface area contributed by atoms with E-state index in [1.807, 2.05) is 12.1 Å². The highest BCUT2D eigenvalue weighted by Gasteiger charge is 2.41. The van der Waals surface area contributed by atoms with E-state index in [9.17, 15) is 14.7 Å². The van der Waals surface area contributed by atoms with Crippen LogP contribution in [-0.2, 0) is 16.1 Å². The van der Waals surface area contributed by atoms with Gasteiger partial charge < -0.3 is 19.5 Å². The first-order valence-electron chi connectivity index (χ1n) is 10.3. The van der Waals surface area contributed by atoms with Crippen molar-refractivity contribution in [3.8, 4) is 5.75 Å². The molecule has 29 heavy (non-hydrogen) atoms. The second-order valence-corrected chi connectivity index (χ2v) is 7.72. The van der Waals surface area contributed by atoms with Crippen molar-refractivity contribution < 1.29 is 29.2 Å². The van der Waals surface area contributed by atoms with Crippen molar-refractivity contribution in [1.82, 2.24) is 9.80 Å². The number of hydrogen-bond donors (Lipinski definition) is 2. The zero-order valence-electron chi connectivity index (χ0n) is 16.9. The largest absolute Gasteiger partial charge is 0.486 e. The summed E-state index contributed by atoms with van der Waals surface area (Å²) in [6, 6.07) is 5.24. The second kappa shape index (κ2) is 8.12. The lowest BCUT2D eigenvalue weighted by atomic mass is 10.1. The van der Waals surface area contributed by atoms with E-state index in [1.165, 1.54) is 0 Å². The molecule has 0 saturated carbocycles. The summed E-state index contributed by atoms with van der Waals surface area (Å²) >= 11 is 0. The molecule has 3 aliphatic rings. The number of aliphatic hydroxyl groups excluding tert-OH is 1. The molecule has 0 bridgehead atoms. The van der Waals surface area contributed by atoms with Crippen LogP contribution in [0.5, 0.6) is 5.75 Å². The van der Waals surface area contributed by atoms with Gasteiger partial charge >= 0.3 is 11.8 Å². The van der Waals surface area contributed by atoms with Gasteiger partial charge in [-0.2, -0.15) is 0 Å². The number of aliphatic hydroxyl groups is 1. The van der Waals surface area contributed by atoms with Gasteiger partial charge in [-0.1, -0.05) is 13.8 Å². The van der Waals surface area contributed by atoms with Crippen LogP contribution in [0.25, 0.3) is 0 Å². The van der Waals surface area contributed by atoms with Gasteiger partial charge in [0.05, 0.1) is 25.7 Å². The van der Waals surface area contributed by atoms with Crippen molar-refractivity contribution in [1.29, 1.82) is 0 Å². The molecule has 2 amide bonds. The maximum absolute atomic E-state index is 12.8. The van der Waals surface area contributed by atoms with Crippen LogP contribution in [0.4, 0.5) is 0 Å². The summed E-state index contributed by atoms with van der Waals surface area (Å²) in [5, 5.41) is 10.1. The minimum Gasteiger partial charge on any atom is -0.486 e. The third-order valence-electron chi connectivity index (χ3n) is 6.08. The van der Waals surface area contributed by atoms with Crippen LogP contribution in [0.15, 0.2) is 18.2 Å². The Kier molecular flexibility index (Phi) is 5.56. The fourth-order valence-corrected chi connectivity index (χ4v) is 4.49. The predicted molar refractivity (Wildman–Crippen MR) is 105 cm³/mol. The van der Waals surface area contributed by atoms with Crippen molar-refractivity contribution in [3.05, 3.63) is 29.3 Å². The average molecular weight is 402 g/mol. The maximum atomic E-state index is 12.8. The fraction of sp³-hybridized carbons (Fsp3) is 0.571. The van der Waals surface area contributed by atoms with E-state index in [1.54, 1.807) is 11.0 Å². The molecule has 1 saturated heterocycles. The van der Waals surface area contributed by atoms with Gasteiger partial charge in [0.2, 0.25) is 0 Å². The maximum Gasteiger partial charge on any atom is 0.388 e. The fourth-order valence-electron chi connectivity index (χ4n) is 4.49. The molecule has 1 aromatic rings. The third kappa shape index (κ3) is 3.74. The lowest BCUT2D eigenvalue weighted by Gasteiger charge is -2.29. The summed E-state index contributed by atoms with van der Waals surface area (Å²) in [5.74, 6) is 0.213. The van der Waals surface area contributed by atoms with Gasteiger partial charge in [0.25, 0.3) is 5.91 Å². The molecule has 4 rings (SSSR count). The first-order valence-corrected chi connectivity index (χ1v) is 10.3. The van der Waals surface area contributed by atoms with Crippen molar-refractivity contribution in [2.45, 2.75) is 51.4 Å². The number of benzene rings is 1. The number of rotatable bonds is 6. The summed E-state index contributed by atoms with van der Waals surface area (Å²) in [6.45, 7) is 7.74. The Morgan fingerprint density at radius 1 is 1.28 bits per heavy atom. The number of ether oxygens (including phenoxy) is 2. The van der Waals surface area contributed by atoms with E-state index < -0.39 is 6.04 Å². The molecule has 3 heterocycles. The Morgan fingerprint density at radius 2 is 2.07 bits per heavy atom. The van der Waals surface area contributed by atoms with Gasteiger partial charge in [-0.25, -0.2) is 4.79 Å². The van der Waals surface area contributed by atoms with Crippen LogP contribution in [-0.4, -0.2) is 77.1 Å². The van der Waals surface area contributed by atoms with Crippen LogP contribution in [0.1, 0.15) is 42.6 Å². The van der Waals surface area contributed by atoms with E-state index in [4.69, 9.17) is 9.47 Å². The van der Waals surface area contributed by atoms with Gasteiger partial charge in [-0.15, -0.1) is 4.99 Å². The molecule has 1 aromatic carbocycles. The number of nitrogens with zero attached hydrogens (tertiary/aromatic N) is 2. The Hall–Kier alpha value is -2.45. The molecule has 0 spiro atoms. The van der Waals surface area contributed by atoms with Gasteiger partial charge in [0.15, 0.2) is 6.04 Å². The van der Waals surface area contributed by atoms with Crippen molar-refractivity contribution in [3.63, 3.8) is 0 Å². The number of fused-ring (bicyclic) bond motifs is 1. The van der Waals surface area contributed by atoms with Crippen LogP contribution in [0.3, 0.4) is 0 Å². The normalized spacial score (nSPS) is 26.8. The van der Waals surface area contributed by atoms with Crippen LogP contribution in [0.2, 0.25) is 0 Å². The van der Waals surface area contributed by atoms with E-state index in [0.717, 1.165) is 24.4 Å². The lowest BCUT2D eigenvalue weighted by molar-refractivity contribution is -0.394. The average Bonchev–Trinajstić information content (AvgIpc) is 3.28. The minimum absolute atomic E-state index is 0.0490. The Labute approximate surface area is 170 Å². The minimum atomic E-state index is -0.493. The summed E-state index contributed by atoms with van der Waals surface area (Å²) < 4.78 is 11.9. The van der Waals surface area contributed by atoms with Crippen molar-refractivity contribution in [2.24, 2.45) is 0 Å². The first kappa shape index (κ1) is 19.8. The Morgan fingerprint density at radius 3 is 2.79 bits per heavy atom. The highest BCUT2D eigenvalue weighted by atomic mass is 16.5. The summed E-state index contributed by atoms with van der Waals surface area (Å²) in [5.41, 5.74) is 1.49. The van der Waals surface area contributed by atoms with Crippen LogP contribution in [0, 0.1) is 0 Å². The van der Waals surface area contributed by atoms with Gasteiger partial charge in [-0.05, 0) is 43.3 Å². The predicted octanol–water partition coefficient (Wildman–Crippen LogP) is -0.143. The number of likely N-dealkylation sites (N-methyl/N-ethyl adjacent to an activating group) is 1. The summed E-state index contributed by atoms with van der Waals surface area (Å²) in [6.07, 6.45) is 0.663. The number of hydrogen-bond acceptors (Lipinski definition) is 5. The molecule has 1 unspecified atom stereocenters. The van der Waals surface area contributed by atoms with Gasteiger partial charge in [-0.3, -0.25) is 9.69 Å². The molecule has 3 aliphatic heterocycles. The smallest absolute Gasteiger partial charge is 0.388 e. The summed E-state index contributed by atoms with van der Waals surface area (Å²) in [7, 11) is 0. The zero-order chi connectivity index (χ0) is 20.5. The molecule has 3 atom stereocenters. The van der Waals surface area contributed by atoms with Crippen molar-refractivity contribution in [2.75, 3.05) is 26.3 Å². The van der Waals surface area contributed by atoms with Gasteiger partial charge in [0.1, 0.15) is 11.9 Å². The van der Waals surface area contributed by atoms with Crippen LogP contribution < -0.4 is 9.73 Å². The van der Waals surface area contributed by atoms with E-state index in [-0.39, 0.29) is 36.3 Å². The monoisotopic (exact) mass is 402 g/mol. The first-order chi connectivity index (χ1) is 14.0. The number of carbonyl (C=O) groups excluding carboxylic acids is 2. The summed E-state index contributed by atoms with van der Waals surface area (Å²) in [4.78, 5) is 30.6. The second-order valence-electron chi connectivity index (χ2n) is 7.72. The van der Waals surface area contributed by atoms with Crippen LogP contribution >= 0.6 is 0 Å². The molecule has 1 fully saturated rings. The topological polar surface area (TPSA) is 93.3 Å². The molecule has 0 aromatic heterocycles. The number of amides is 2. The zero-order valence-corrected chi connectivity index (χ0v) is 16.9. The SMILES string of the molecule is CCN(CC)[C@@H]1COC[C@H]1Oc1ccc2c(c1)CN(C1CCC(=O)[NH+]=C1O)C2=O.